The molecule has 2 heteroatoms. The highest BCUT2D eigenvalue weighted by molar-refractivity contribution is 6.06. The van der Waals surface area contributed by atoms with Crippen LogP contribution in [0.5, 0.6) is 0 Å². The average Bonchev–Trinajstić information content (AvgIpc) is 2.05. The molecule has 11 heavy (non-hydrogen) atoms. The molecule has 0 saturated carbocycles. The minimum Gasteiger partial charge on any atom is -0.286 e. The minimum absolute atomic E-state index is 0.333. The second-order valence-corrected chi connectivity index (χ2v) is 2.10. The van der Waals surface area contributed by atoms with Crippen LogP contribution in [0.3, 0.4) is 0 Å². The maximum absolute atomic E-state index is 12.2. The smallest absolute Gasteiger partial charge is 0.220 e. The van der Waals surface area contributed by atoms with E-state index < -0.39 is 11.6 Å². The van der Waals surface area contributed by atoms with Gasteiger partial charge in [0, 0.05) is 5.56 Å². The SMILES string of the molecule is C=C(F)C(=O)c1ccccc1. The Hall–Kier alpha value is -1.44. The van der Waals surface area contributed by atoms with E-state index in [-0.39, 0.29) is 0 Å². The number of carbonyl (C=O) groups excluding carboxylic acids is 1. The molecule has 1 rings (SSSR count). The van der Waals surface area contributed by atoms with Crippen molar-refractivity contribution in [1.82, 2.24) is 0 Å². The lowest BCUT2D eigenvalue weighted by atomic mass is 10.1. The van der Waals surface area contributed by atoms with E-state index in [4.69, 9.17) is 0 Å². The highest BCUT2D eigenvalue weighted by Gasteiger charge is 2.07. The van der Waals surface area contributed by atoms with E-state index in [9.17, 15) is 9.18 Å². The Bertz CT molecular complexity index is 277. The number of Topliss-reactive ketones (excluding diaryl/α,β-unsaturated/α-hetero) is 1. The van der Waals surface area contributed by atoms with Crippen molar-refractivity contribution < 1.29 is 9.18 Å². The molecule has 0 N–H and O–H groups in total. The number of benzene rings is 1. The Morgan fingerprint density at radius 1 is 1.27 bits per heavy atom. The van der Waals surface area contributed by atoms with E-state index in [1.54, 1.807) is 30.3 Å². The van der Waals surface area contributed by atoms with Gasteiger partial charge < -0.3 is 0 Å². The number of rotatable bonds is 2. The summed E-state index contributed by atoms with van der Waals surface area (Å²) in [4.78, 5) is 10.9. The fraction of sp³-hybridized carbons (Fsp3) is 0. The average molecular weight is 150 g/mol. The quantitative estimate of drug-likeness (QED) is 0.467. The summed E-state index contributed by atoms with van der Waals surface area (Å²) in [5, 5.41) is 0. The van der Waals surface area contributed by atoms with Crippen molar-refractivity contribution in [3.8, 4) is 0 Å². The van der Waals surface area contributed by atoms with Crippen LogP contribution < -0.4 is 0 Å². The molecule has 0 amide bonds. The Morgan fingerprint density at radius 2 is 1.82 bits per heavy atom. The van der Waals surface area contributed by atoms with E-state index in [0.717, 1.165) is 0 Å². The highest BCUT2D eigenvalue weighted by Crippen LogP contribution is 2.06. The number of hydrogen-bond donors (Lipinski definition) is 0. The molecule has 0 bridgehead atoms. The van der Waals surface area contributed by atoms with Crippen molar-refractivity contribution in [2.24, 2.45) is 0 Å². The van der Waals surface area contributed by atoms with Gasteiger partial charge in [0.1, 0.15) is 0 Å². The summed E-state index contributed by atoms with van der Waals surface area (Å²) < 4.78 is 12.2. The van der Waals surface area contributed by atoms with Gasteiger partial charge in [0.25, 0.3) is 0 Å². The molecule has 56 valence electrons. The van der Waals surface area contributed by atoms with Crippen LogP contribution in [0.25, 0.3) is 0 Å². The van der Waals surface area contributed by atoms with Crippen LogP contribution in [-0.4, -0.2) is 5.78 Å². The first-order chi connectivity index (χ1) is 5.22. The fourth-order valence-electron chi connectivity index (χ4n) is 0.746. The molecule has 0 heterocycles. The lowest BCUT2D eigenvalue weighted by Crippen LogP contribution is -1.96. The zero-order valence-corrected chi connectivity index (χ0v) is 5.88. The Kier molecular flexibility index (Phi) is 2.16. The van der Waals surface area contributed by atoms with Gasteiger partial charge in [0.05, 0.1) is 0 Å². The van der Waals surface area contributed by atoms with Gasteiger partial charge in [-0.2, -0.15) is 0 Å². The van der Waals surface area contributed by atoms with E-state index in [1.165, 1.54) is 0 Å². The van der Waals surface area contributed by atoms with Gasteiger partial charge in [-0.15, -0.1) is 0 Å². The van der Waals surface area contributed by atoms with Gasteiger partial charge in [-0.1, -0.05) is 36.9 Å². The largest absolute Gasteiger partial charge is 0.286 e. The van der Waals surface area contributed by atoms with Crippen LogP contribution in [-0.2, 0) is 0 Å². The molecule has 0 unspecified atom stereocenters. The van der Waals surface area contributed by atoms with Crippen LogP contribution in [0.2, 0.25) is 0 Å². The van der Waals surface area contributed by atoms with Crippen LogP contribution >= 0.6 is 0 Å². The fourth-order valence-corrected chi connectivity index (χ4v) is 0.746. The summed E-state index contributed by atoms with van der Waals surface area (Å²) in [7, 11) is 0. The van der Waals surface area contributed by atoms with Crippen molar-refractivity contribution in [3.05, 3.63) is 48.3 Å². The zero-order valence-electron chi connectivity index (χ0n) is 5.88. The third-order valence-electron chi connectivity index (χ3n) is 1.28. The van der Waals surface area contributed by atoms with E-state index >= 15 is 0 Å². The third-order valence-corrected chi connectivity index (χ3v) is 1.28. The number of ketones is 1. The monoisotopic (exact) mass is 150 g/mol. The lowest BCUT2D eigenvalue weighted by molar-refractivity contribution is 0.100. The summed E-state index contributed by atoms with van der Waals surface area (Å²) in [6.07, 6.45) is 0. The zero-order chi connectivity index (χ0) is 8.27. The molecule has 0 aliphatic heterocycles. The van der Waals surface area contributed by atoms with Crippen LogP contribution in [0, 0.1) is 0 Å². The molecule has 0 atom stereocenters. The molecule has 0 aliphatic rings. The molecule has 0 aliphatic carbocycles. The van der Waals surface area contributed by atoms with Crippen LogP contribution in [0.15, 0.2) is 42.7 Å². The molecule has 0 spiro atoms. The molecule has 1 aromatic carbocycles. The van der Waals surface area contributed by atoms with E-state index in [2.05, 4.69) is 6.58 Å². The molecular weight excluding hydrogens is 143 g/mol. The first-order valence-electron chi connectivity index (χ1n) is 3.16. The van der Waals surface area contributed by atoms with Crippen LogP contribution in [0.1, 0.15) is 10.4 Å². The van der Waals surface area contributed by atoms with Crippen LogP contribution in [0.4, 0.5) is 4.39 Å². The van der Waals surface area contributed by atoms with Gasteiger partial charge >= 0.3 is 0 Å². The third kappa shape index (κ3) is 1.74. The molecule has 0 radical (unpaired) electrons. The molecule has 1 aromatic rings. The molecule has 0 aromatic heterocycles. The highest BCUT2D eigenvalue weighted by atomic mass is 19.1. The van der Waals surface area contributed by atoms with Gasteiger partial charge in [-0.25, -0.2) is 4.39 Å². The van der Waals surface area contributed by atoms with Gasteiger partial charge in [0.15, 0.2) is 5.83 Å². The van der Waals surface area contributed by atoms with Gasteiger partial charge in [0.2, 0.25) is 5.78 Å². The van der Waals surface area contributed by atoms with Crippen molar-refractivity contribution in [1.29, 1.82) is 0 Å². The van der Waals surface area contributed by atoms with E-state index in [0.29, 0.717) is 5.56 Å². The topological polar surface area (TPSA) is 17.1 Å². The van der Waals surface area contributed by atoms with Crippen molar-refractivity contribution >= 4 is 5.78 Å². The minimum atomic E-state index is -0.920. The lowest BCUT2D eigenvalue weighted by Gasteiger charge is -1.94. The first-order valence-corrected chi connectivity index (χ1v) is 3.16. The summed E-state index contributed by atoms with van der Waals surface area (Å²) in [6.45, 7) is 2.92. The summed E-state index contributed by atoms with van der Waals surface area (Å²) in [5.41, 5.74) is 0.333. The summed E-state index contributed by atoms with van der Waals surface area (Å²) in [5.74, 6) is -1.57. The Balaban J connectivity index is 2.95. The second kappa shape index (κ2) is 3.10. The number of allylic oxidation sites excluding steroid dienone is 1. The summed E-state index contributed by atoms with van der Waals surface area (Å²) in [6, 6.07) is 8.21. The van der Waals surface area contributed by atoms with Gasteiger partial charge in [-0.3, -0.25) is 4.79 Å². The second-order valence-electron chi connectivity index (χ2n) is 2.10. The standard InChI is InChI=1S/C9H7FO/c1-7(10)9(11)8-5-3-2-4-6-8/h2-6H,1H2. The summed E-state index contributed by atoms with van der Waals surface area (Å²) >= 11 is 0. The predicted molar refractivity (Wildman–Crippen MR) is 41.0 cm³/mol. The van der Waals surface area contributed by atoms with Gasteiger partial charge in [-0.05, 0) is 0 Å². The van der Waals surface area contributed by atoms with Crippen molar-refractivity contribution in [2.45, 2.75) is 0 Å². The molecule has 0 fully saturated rings. The molecule has 0 saturated heterocycles. The van der Waals surface area contributed by atoms with Crippen molar-refractivity contribution in [2.75, 3.05) is 0 Å². The molecule has 1 nitrogen and oxygen atoms in total. The molecular formula is C9H7FO. The number of carbonyl (C=O) groups is 1. The van der Waals surface area contributed by atoms with Crippen molar-refractivity contribution in [3.63, 3.8) is 0 Å². The Morgan fingerprint density at radius 3 is 2.27 bits per heavy atom. The maximum atomic E-state index is 12.2. The Labute approximate surface area is 64.2 Å². The number of halogens is 1. The predicted octanol–water partition coefficient (Wildman–Crippen LogP) is 2.35. The normalized spacial score (nSPS) is 9.18. The first kappa shape index (κ1) is 7.66. The number of hydrogen-bond acceptors (Lipinski definition) is 1. The maximum Gasteiger partial charge on any atom is 0.220 e. The van der Waals surface area contributed by atoms with E-state index in [1.807, 2.05) is 0 Å².